The van der Waals surface area contributed by atoms with E-state index < -0.39 is 0 Å². The first-order chi connectivity index (χ1) is 12.5. The smallest absolute Gasteiger partial charge is 0.310 e. The molecule has 1 fully saturated rings. The number of likely N-dealkylation sites (tertiary alicyclic amines) is 1. The van der Waals surface area contributed by atoms with Crippen LogP contribution in [-0.4, -0.2) is 48.4 Å². The van der Waals surface area contributed by atoms with Gasteiger partial charge in [-0.2, -0.15) is 0 Å². The number of ether oxygens (including phenoxy) is 1. The van der Waals surface area contributed by atoms with Crippen LogP contribution in [0, 0.1) is 17.8 Å². The molecule has 0 radical (unpaired) electrons. The molecule has 1 aliphatic carbocycles. The number of methoxy groups -OCH3 is 1. The van der Waals surface area contributed by atoms with Gasteiger partial charge < -0.3 is 14.6 Å². The van der Waals surface area contributed by atoms with Crippen molar-refractivity contribution >= 4 is 22.7 Å². The van der Waals surface area contributed by atoms with Gasteiger partial charge in [-0.15, -0.1) is 0 Å². The average Bonchev–Trinajstić information content (AvgIpc) is 3.01. The summed E-state index contributed by atoms with van der Waals surface area (Å²) in [7, 11) is 3.55. The van der Waals surface area contributed by atoms with Crippen LogP contribution in [0.1, 0.15) is 35.8 Å². The number of H-pyrrole nitrogens is 1. The number of fused-ring (bicyclic) bond motifs is 5. The lowest BCUT2D eigenvalue weighted by Crippen LogP contribution is -2.56. The molecular weight excluding hydrogens is 328 g/mol. The molecule has 5 nitrogen and oxygen atoms in total. The Balaban J connectivity index is 1.88. The zero-order chi connectivity index (χ0) is 18.4. The number of piperidine rings is 1. The highest BCUT2D eigenvalue weighted by Gasteiger charge is 2.48. The maximum atomic E-state index is 13.1. The predicted octanol–water partition coefficient (Wildman–Crippen LogP) is 3.04. The second kappa shape index (κ2) is 6.54. The summed E-state index contributed by atoms with van der Waals surface area (Å²) in [6, 6.07) is 8.10. The molecule has 5 heteroatoms. The number of aromatic amines is 1. The number of likely N-dealkylation sites (N-methyl/N-ethyl adjacent to an activating group) is 1. The van der Waals surface area contributed by atoms with Crippen LogP contribution < -0.4 is 0 Å². The monoisotopic (exact) mass is 354 g/mol. The fourth-order valence-corrected chi connectivity index (χ4v) is 5.15. The van der Waals surface area contributed by atoms with E-state index in [2.05, 4.69) is 29.9 Å². The molecule has 2 bridgehead atoms. The van der Waals surface area contributed by atoms with E-state index in [0.717, 1.165) is 35.1 Å². The van der Waals surface area contributed by atoms with Gasteiger partial charge >= 0.3 is 5.97 Å². The molecule has 1 saturated heterocycles. The summed E-state index contributed by atoms with van der Waals surface area (Å²) in [6.07, 6.45) is 2.05. The Hall–Kier alpha value is -2.14. The molecule has 26 heavy (non-hydrogen) atoms. The van der Waals surface area contributed by atoms with Crippen molar-refractivity contribution in [1.29, 1.82) is 0 Å². The number of nitrogens with one attached hydrogen (secondary N) is 1. The molecule has 1 aliphatic heterocycles. The Bertz CT molecular complexity index is 856. The standard InChI is InChI=1S/C21H26N2O3/c1-4-12-11-23(2)17-9-15-13-7-5-6-8-16(13)22-20(15)18(24)10-14(12)19(17)21(25)26-3/h5-8,12,14,17,19,22H,4,9-11H2,1-3H3/t12-,14?,17-,19+/m0/s1. The summed E-state index contributed by atoms with van der Waals surface area (Å²) < 4.78 is 5.17. The third kappa shape index (κ3) is 2.57. The van der Waals surface area contributed by atoms with E-state index in [1.54, 1.807) is 0 Å². The van der Waals surface area contributed by atoms with Gasteiger partial charge in [-0.1, -0.05) is 31.5 Å². The number of Topliss-reactive ketones (excluding diaryl/α,β-unsaturated/α-hetero) is 1. The molecule has 2 heterocycles. The Labute approximate surface area is 153 Å². The van der Waals surface area contributed by atoms with Gasteiger partial charge in [0.15, 0.2) is 5.78 Å². The van der Waals surface area contributed by atoms with E-state index in [1.165, 1.54) is 7.11 Å². The van der Waals surface area contributed by atoms with Crippen molar-refractivity contribution in [2.45, 2.75) is 32.2 Å². The number of para-hydroxylation sites is 1. The quantitative estimate of drug-likeness (QED) is 0.842. The zero-order valence-electron chi connectivity index (χ0n) is 15.6. The van der Waals surface area contributed by atoms with Crippen LogP contribution in [0.15, 0.2) is 24.3 Å². The van der Waals surface area contributed by atoms with Crippen LogP contribution in [0.2, 0.25) is 0 Å². The normalized spacial score (nSPS) is 29.1. The van der Waals surface area contributed by atoms with Crippen LogP contribution in [0.25, 0.3) is 10.9 Å². The minimum Gasteiger partial charge on any atom is -0.469 e. The molecule has 0 spiro atoms. The molecule has 2 aliphatic rings. The number of benzene rings is 1. The van der Waals surface area contributed by atoms with Crippen molar-refractivity contribution in [3.63, 3.8) is 0 Å². The Morgan fingerprint density at radius 1 is 1.31 bits per heavy atom. The van der Waals surface area contributed by atoms with E-state index in [-0.39, 0.29) is 29.6 Å². The van der Waals surface area contributed by atoms with Crippen molar-refractivity contribution in [3.05, 3.63) is 35.5 Å². The number of nitrogens with zero attached hydrogens (tertiary/aromatic N) is 1. The van der Waals surface area contributed by atoms with Crippen LogP contribution in [0.5, 0.6) is 0 Å². The number of ketones is 1. The van der Waals surface area contributed by atoms with Crippen LogP contribution in [0.4, 0.5) is 0 Å². The van der Waals surface area contributed by atoms with Crippen LogP contribution >= 0.6 is 0 Å². The molecule has 4 rings (SSSR count). The van der Waals surface area contributed by atoms with E-state index >= 15 is 0 Å². The van der Waals surface area contributed by atoms with Crippen LogP contribution in [0.3, 0.4) is 0 Å². The second-order valence-electron chi connectivity index (χ2n) is 7.74. The maximum absolute atomic E-state index is 13.1. The number of carbonyl (C=O) groups is 2. The van der Waals surface area contributed by atoms with Gasteiger partial charge in [0.1, 0.15) is 0 Å². The number of rotatable bonds is 2. The van der Waals surface area contributed by atoms with Gasteiger partial charge in [0.2, 0.25) is 0 Å². The molecule has 0 amide bonds. The van der Waals surface area contributed by atoms with Gasteiger partial charge in [-0.25, -0.2) is 0 Å². The summed E-state index contributed by atoms with van der Waals surface area (Å²) in [4.78, 5) is 31.5. The first kappa shape index (κ1) is 17.3. The van der Waals surface area contributed by atoms with E-state index in [0.29, 0.717) is 18.8 Å². The molecule has 138 valence electrons. The molecule has 2 aromatic rings. The molecule has 4 atom stereocenters. The van der Waals surface area contributed by atoms with Gasteiger partial charge in [0, 0.05) is 29.9 Å². The highest BCUT2D eigenvalue weighted by molar-refractivity contribution is 6.03. The molecule has 1 aromatic carbocycles. The largest absolute Gasteiger partial charge is 0.469 e. The third-order valence-corrected chi connectivity index (χ3v) is 6.49. The first-order valence-electron chi connectivity index (χ1n) is 9.46. The summed E-state index contributed by atoms with van der Waals surface area (Å²) in [5.74, 6) is 0.0584. The average molecular weight is 354 g/mol. The minimum atomic E-state index is -0.255. The van der Waals surface area contributed by atoms with E-state index in [9.17, 15) is 9.59 Å². The number of carbonyl (C=O) groups excluding carboxylic acids is 2. The van der Waals surface area contributed by atoms with Crippen LogP contribution in [-0.2, 0) is 16.0 Å². The van der Waals surface area contributed by atoms with E-state index in [1.807, 2.05) is 18.2 Å². The molecule has 1 N–H and O–H groups in total. The summed E-state index contributed by atoms with van der Waals surface area (Å²) in [5.41, 5.74) is 2.77. The minimum absolute atomic E-state index is 0.0423. The Morgan fingerprint density at radius 2 is 2.08 bits per heavy atom. The number of esters is 1. The highest BCUT2D eigenvalue weighted by atomic mass is 16.5. The molecular formula is C21H26N2O3. The third-order valence-electron chi connectivity index (χ3n) is 6.49. The fourth-order valence-electron chi connectivity index (χ4n) is 5.15. The lowest BCUT2D eigenvalue weighted by Gasteiger charge is -2.47. The predicted molar refractivity (Wildman–Crippen MR) is 100 cm³/mol. The van der Waals surface area contributed by atoms with Gasteiger partial charge in [0.05, 0.1) is 18.7 Å². The fraction of sp³-hybridized carbons (Fsp3) is 0.524. The topological polar surface area (TPSA) is 62.4 Å². The molecule has 1 aromatic heterocycles. The van der Waals surface area contributed by atoms with Crippen molar-refractivity contribution in [3.8, 4) is 0 Å². The first-order valence-corrected chi connectivity index (χ1v) is 9.46. The van der Waals surface area contributed by atoms with Crippen molar-refractivity contribution in [2.75, 3.05) is 20.7 Å². The zero-order valence-corrected chi connectivity index (χ0v) is 15.6. The van der Waals surface area contributed by atoms with Gasteiger partial charge in [-0.3, -0.25) is 9.59 Å². The SMILES string of the molecule is CC[C@H]1CN(C)[C@H]2Cc3c([nH]c4ccccc34)C(=O)CC1[C@H]2C(=O)OC. The van der Waals surface area contributed by atoms with E-state index in [4.69, 9.17) is 4.74 Å². The van der Waals surface area contributed by atoms with Gasteiger partial charge in [-0.05, 0) is 36.9 Å². The van der Waals surface area contributed by atoms with Crippen molar-refractivity contribution in [1.82, 2.24) is 9.88 Å². The number of hydrogen-bond acceptors (Lipinski definition) is 4. The Morgan fingerprint density at radius 3 is 2.81 bits per heavy atom. The lowest BCUT2D eigenvalue weighted by molar-refractivity contribution is -0.154. The number of hydrogen-bond donors (Lipinski definition) is 1. The molecule has 0 saturated carbocycles. The maximum Gasteiger partial charge on any atom is 0.310 e. The summed E-state index contributed by atoms with van der Waals surface area (Å²) in [6.45, 7) is 3.06. The van der Waals surface area contributed by atoms with Crippen molar-refractivity contribution in [2.24, 2.45) is 17.8 Å². The van der Waals surface area contributed by atoms with Crippen molar-refractivity contribution < 1.29 is 14.3 Å². The lowest BCUT2D eigenvalue weighted by atomic mass is 9.67. The highest BCUT2D eigenvalue weighted by Crippen LogP contribution is 2.42. The van der Waals surface area contributed by atoms with Gasteiger partial charge in [0.25, 0.3) is 0 Å². The Kier molecular flexibility index (Phi) is 4.35. The molecule has 1 unspecified atom stereocenters. The summed E-state index contributed by atoms with van der Waals surface area (Å²) >= 11 is 0. The summed E-state index contributed by atoms with van der Waals surface area (Å²) in [5, 5.41) is 1.09. The second-order valence-corrected chi connectivity index (χ2v) is 7.74. The number of aromatic nitrogens is 1.